The highest BCUT2D eigenvalue weighted by atomic mass is 79.9. The van der Waals surface area contributed by atoms with Crippen LogP contribution in [0.25, 0.3) is 0 Å². The summed E-state index contributed by atoms with van der Waals surface area (Å²) in [5, 5.41) is 6.85. The van der Waals surface area contributed by atoms with Crippen molar-refractivity contribution in [1.82, 2.24) is 10.6 Å². The fraction of sp³-hybridized carbons (Fsp3) is 0.550. The number of rotatable bonds is 7. The van der Waals surface area contributed by atoms with Crippen molar-refractivity contribution in [1.29, 1.82) is 0 Å². The van der Waals surface area contributed by atoms with Crippen molar-refractivity contribution in [3.63, 3.8) is 0 Å². The van der Waals surface area contributed by atoms with E-state index in [2.05, 4.69) is 63.8 Å². The zero-order chi connectivity index (χ0) is 17.5. The zero-order valence-electron chi connectivity index (χ0n) is 15.0. The minimum absolute atomic E-state index is 0.214. The maximum atomic E-state index is 5.36. The molecule has 0 bridgehead atoms. The summed E-state index contributed by atoms with van der Waals surface area (Å²) in [6, 6.07) is 8.55. The van der Waals surface area contributed by atoms with E-state index in [4.69, 9.17) is 9.73 Å². The summed E-state index contributed by atoms with van der Waals surface area (Å²) in [4.78, 5) is 4.88. The molecule has 1 aromatic rings. The first-order valence-electron chi connectivity index (χ1n) is 9.26. The predicted molar refractivity (Wildman–Crippen MR) is 107 cm³/mol. The van der Waals surface area contributed by atoms with Crippen LogP contribution in [0.5, 0.6) is 0 Å². The van der Waals surface area contributed by atoms with E-state index in [1.165, 1.54) is 28.5 Å². The molecule has 0 amide bonds. The molecule has 0 radical (unpaired) electrons. The predicted octanol–water partition coefficient (Wildman–Crippen LogP) is 3.77. The van der Waals surface area contributed by atoms with Crippen LogP contribution in [-0.4, -0.2) is 38.8 Å². The lowest BCUT2D eigenvalue weighted by Crippen LogP contribution is -2.38. The van der Waals surface area contributed by atoms with Crippen molar-refractivity contribution in [2.45, 2.75) is 38.0 Å². The summed E-state index contributed by atoms with van der Waals surface area (Å²) < 4.78 is 6.56. The Kier molecular flexibility index (Phi) is 6.54. The van der Waals surface area contributed by atoms with Gasteiger partial charge in [-0.25, -0.2) is 0 Å². The van der Waals surface area contributed by atoms with E-state index >= 15 is 0 Å². The smallest absolute Gasteiger partial charge is 0.191 e. The van der Waals surface area contributed by atoms with Gasteiger partial charge in [-0.2, -0.15) is 0 Å². The SMILES string of the molecule is CCNC(=NCC1(c2ccccc2Br)CC1)NCCC1=CCOCC1. The topological polar surface area (TPSA) is 45.7 Å². The molecule has 0 spiro atoms. The van der Waals surface area contributed by atoms with Gasteiger partial charge in [-0.05, 0) is 44.2 Å². The minimum atomic E-state index is 0.214. The number of nitrogens with one attached hydrogen (secondary N) is 2. The molecule has 136 valence electrons. The molecular weight excluding hydrogens is 378 g/mol. The monoisotopic (exact) mass is 405 g/mol. The number of halogens is 1. The lowest BCUT2D eigenvalue weighted by Gasteiger charge is -2.18. The minimum Gasteiger partial charge on any atom is -0.377 e. The van der Waals surface area contributed by atoms with Crippen LogP contribution in [0.1, 0.15) is 38.2 Å². The molecule has 4 nitrogen and oxygen atoms in total. The first-order valence-corrected chi connectivity index (χ1v) is 10.1. The normalized spacial score (nSPS) is 19.3. The first kappa shape index (κ1) is 18.5. The molecule has 0 saturated heterocycles. The quantitative estimate of drug-likeness (QED) is 0.412. The van der Waals surface area contributed by atoms with E-state index in [-0.39, 0.29) is 5.41 Å². The van der Waals surface area contributed by atoms with E-state index in [0.717, 1.165) is 51.6 Å². The number of benzene rings is 1. The van der Waals surface area contributed by atoms with E-state index in [0.29, 0.717) is 0 Å². The Bertz CT molecular complexity index is 638. The molecule has 0 aromatic heterocycles. The molecule has 1 aliphatic carbocycles. The van der Waals surface area contributed by atoms with Gasteiger partial charge in [-0.3, -0.25) is 4.99 Å². The summed E-state index contributed by atoms with van der Waals surface area (Å²) in [5.41, 5.74) is 3.09. The highest BCUT2D eigenvalue weighted by Crippen LogP contribution is 2.50. The van der Waals surface area contributed by atoms with Gasteiger partial charge in [0.25, 0.3) is 0 Å². The van der Waals surface area contributed by atoms with Crippen LogP contribution in [0.15, 0.2) is 45.4 Å². The molecule has 1 heterocycles. The zero-order valence-corrected chi connectivity index (χ0v) is 16.6. The van der Waals surface area contributed by atoms with E-state index in [1.54, 1.807) is 0 Å². The number of guanidine groups is 1. The summed E-state index contributed by atoms with van der Waals surface area (Å²) >= 11 is 3.70. The number of aliphatic imine (C=N–C) groups is 1. The molecule has 0 atom stereocenters. The van der Waals surface area contributed by atoms with Crippen LogP contribution in [0.3, 0.4) is 0 Å². The second-order valence-electron chi connectivity index (χ2n) is 6.82. The fourth-order valence-corrected chi connectivity index (χ4v) is 3.97. The number of hydrogen-bond acceptors (Lipinski definition) is 2. The third-order valence-corrected chi connectivity index (χ3v) is 5.67. The van der Waals surface area contributed by atoms with E-state index in [1.807, 2.05) is 0 Å². The Hall–Kier alpha value is -1.33. The molecule has 1 aliphatic heterocycles. The highest BCUT2D eigenvalue weighted by Gasteiger charge is 2.45. The third-order valence-electron chi connectivity index (χ3n) is 4.98. The van der Waals surface area contributed by atoms with Crippen LogP contribution < -0.4 is 10.6 Å². The Morgan fingerprint density at radius 1 is 1.28 bits per heavy atom. The maximum Gasteiger partial charge on any atom is 0.191 e. The molecule has 1 fully saturated rings. The second-order valence-corrected chi connectivity index (χ2v) is 7.67. The molecule has 25 heavy (non-hydrogen) atoms. The second kappa shape index (κ2) is 8.86. The third kappa shape index (κ3) is 5.08. The van der Waals surface area contributed by atoms with Gasteiger partial charge >= 0.3 is 0 Å². The average Bonchev–Trinajstić information content (AvgIpc) is 3.42. The van der Waals surface area contributed by atoms with Gasteiger partial charge in [0.15, 0.2) is 5.96 Å². The van der Waals surface area contributed by atoms with Gasteiger partial charge in [-0.1, -0.05) is 45.8 Å². The molecule has 2 aliphatic rings. The van der Waals surface area contributed by atoms with Crippen LogP contribution in [0, 0.1) is 0 Å². The molecule has 1 aromatic carbocycles. The lowest BCUT2D eigenvalue weighted by molar-refractivity contribution is 0.153. The first-order chi connectivity index (χ1) is 12.2. The van der Waals surface area contributed by atoms with Crippen molar-refractivity contribution in [3.05, 3.63) is 46.0 Å². The summed E-state index contributed by atoms with van der Waals surface area (Å²) in [5.74, 6) is 0.925. The van der Waals surface area contributed by atoms with Crippen molar-refractivity contribution in [3.8, 4) is 0 Å². The van der Waals surface area contributed by atoms with Gasteiger partial charge in [0, 0.05) is 23.0 Å². The Labute approximate surface area is 159 Å². The summed E-state index contributed by atoms with van der Waals surface area (Å²) in [6.45, 7) is 6.36. The molecule has 3 rings (SSSR count). The van der Waals surface area contributed by atoms with Crippen molar-refractivity contribution in [2.24, 2.45) is 4.99 Å². The summed E-state index contributed by atoms with van der Waals surface area (Å²) in [7, 11) is 0. The van der Waals surface area contributed by atoms with Crippen molar-refractivity contribution >= 4 is 21.9 Å². The summed E-state index contributed by atoms with van der Waals surface area (Å²) in [6.07, 6.45) is 6.75. The number of nitrogens with zero attached hydrogens (tertiary/aromatic N) is 1. The van der Waals surface area contributed by atoms with Crippen LogP contribution in [0.2, 0.25) is 0 Å². The lowest BCUT2D eigenvalue weighted by atomic mass is 9.96. The highest BCUT2D eigenvalue weighted by molar-refractivity contribution is 9.10. The van der Waals surface area contributed by atoms with Gasteiger partial charge in [0.05, 0.1) is 19.8 Å². The molecule has 2 N–H and O–H groups in total. The molecule has 1 saturated carbocycles. The molecular formula is C20H28BrN3O. The maximum absolute atomic E-state index is 5.36. The molecule has 5 heteroatoms. The van der Waals surface area contributed by atoms with Crippen LogP contribution in [-0.2, 0) is 10.2 Å². The van der Waals surface area contributed by atoms with Gasteiger partial charge in [-0.15, -0.1) is 0 Å². The van der Waals surface area contributed by atoms with Crippen LogP contribution >= 0.6 is 15.9 Å². The Morgan fingerprint density at radius 3 is 2.80 bits per heavy atom. The van der Waals surface area contributed by atoms with Gasteiger partial charge in [0.2, 0.25) is 0 Å². The average molecular weight is 406 g/mol. The largest absolute Gasteiger partial charge is 0.377 e. The van der Waals surface area contributed by atoms with Crippen molar-refractivity contribution < 1.29 is 4.74 Å². The number of hydrogen-bond donors (Lipinski definition) is 2. The van der Waals surface area contributed by atoms with E-state index in [9.17, 15) is 0 Å². The van der Waals surface area contributed by atoms with Gasteiger partial charge in [0.1, 0.15) is 0 Å². The standard InChI is InChI=1S/C20H28BrN3O/c1-2-22-19(23-12-7-16-8-13-25-14-9-16)24-15-20(10-11-20)17-5-3-4-6-18(17)21/h3-6,8H,2,7,9-15H2,1H3,(H2,22,23,24). The molecule has 0 unspecified atom stereocenters. The van der Waals surface area contributed by atoms with Crippen molar-refractivity contribution in [2.75, 3.05) is 32.8 Å². The fourth-order valence-electron chi connectivity index (χ4n) is 3.26. The van der Waals surface area contributed by atoms with E-state index < -0.39 is 0 Å². The van der Waals surface area contributed by atoms with Gasteiger partial charge < -0.3 is 15.4 Å². The Morgan fingerprint density at radius 2 is 2.12 bits per heavy atom. The van der Waals surface area contributed by atoms with Crippen LogP contribution in [0.4, 0.5) is 0 Å². The Balaban J connectivity index is 1.56. The number of ether oxygens (including phenoxy) is 1.